The van der Waals surface area contributed by atoms with Gasteiger partial charge in [0.15, 0.2) is 0 Å². The highest BCUT2D eigenvalue weighted by molar-refractivity contribution is 5.36. The van der Waals surface area contributed by atoms with Gasteiger partial charge in [0, 0.05) is 26.2 Å². The van der Waals surface area contributed by atoms with Crippen LogP contribution in [0, 0.1) is 0 Å². The molecule has 0 saturated carbocycles. The zero-order valence-corrected chi connectivity index (χ0v) is 9.97. The molecule has 1 aliphatic rings. The number of aliphatic hydroxyl groups is 2. The molecule has 1 heterocycles. The van der Waals surface area contributed by atoms with Crippen LogP contribution in [0.4, 0.5) is 0 Å². The fourth-order valence-electron chi connectivity index (χ4n) is 2.45. The van der Waals surface area contributed by atoms with E-state index in [1.807, 2.05) is 6.07 Å². The van der Waals surface area contributed by atoms with E-state index in [4.69, 9.17) is 10.8 Å². The van der Waals surface area contributed by atoms with E-state index in [9.17, 15) is 5.11 Å². The minimum atomic E-state index is -0.644. The number of hydrogen-bond acceptors (Lipinski definition) is 4. The summed E-state index contributed by atoms with van der Waals surface area (Å²) >= 11 is 0. The summed E-state index contributed by atoms with van der Waals surface area (Å²) in [5, 5.41) is 18.3. The summed E-state index contributed by atoms with van der Waals surface area (Å²) in [5.41, 5.74) is 9.61. The van der Waals surface area contributed by atoms with Crippen molar-refractivity contribution in [3.63, 3.8) is 0 Å². The quantitative estimate of drug-likeness (QED) is 0.680. The van der Waals surface area contributed by atoms with Crippen LogP contribution < -0.4 is 5.73 Å². The second-order valence-electron chi connectivity index (χ2n) is 4.58. The van der Waals surface area contributed by atoms with Crippen LogP contribution in [0.3, 0.4) is 0 Å². The van der Waals surface area contributed by atoms with E-state index in [1.54, 1.807) is 0 Å². The SMILES string of the molecule is NCc1cccc2c1CCN(CC(O)CO)C2. The van der Waals surface area contributed by atoms with E-state index in [0.717, 1.165) is 19.5 Å². The number of rotatable bonds is 4. The normalized spacial score (nSPS) is 17.8. The van der Waals surface area contributed by atoms with Gasteiger partial charge in [0.2, 0.25) is 0 Å². The van der Waals surface area contributed by atoms with Crippen LogP contribution >= 0.6 is 0 Å². The molecule has 0 spiro atoms. The maximum atomic E-state index is 9.45. The largest absolute Gasteiger partial charge is 0.394 e. The topological polar surface area (TPSA) is 69.7 Å². The molecule has 0 radical (unpaired) electrons. The first kappa shape index (κ1) is 12.5. The molecule has 4 heteroatoms. The zero-order chi connectivity index (χ0) is 12.3. The zero-order valence-electron chi connectivity index (χ0n) is 9.97. The van der Waals surface area contributed by atoms with E-state index in [0.29, 0.717) is 13.1 Å². The Balaban J connectivity index is 2.09. The first-order valence-electron chi connectivity index (χ1n) is 6.05. The van der Waals surface area contributed by atoms with E-state index < -0.39 is 6.10 Å². The summed E-state index contributed by atoms with van der Waals surface area (Å²) in [5.74, 6) is 0. The molecular formula is C13H20N2O2. The molecule has 0 amide bonds. The lowest BCUT2D eigenvalue weighted by molar-refractivity contribution is 0.0550. The van der Waals surface area contributed by atoms with Crippen molar-refractivity contribution in [2.75, 3.05) is 19.7 Å². The summed E-state index contributed by atoms with van der Waals surface area (Å²) in [7, 11) is 0. The molecule has 2 rings (SSSR count). The first-order chi connectivity index (χ1) is 8.24. The summed E-state index contributed by atoms with van der Waals surface area (Å²) in [6, 6.07) is 6.23. The number of benzene rings is 1. The Hall–Kier alpha value is -0.940. The predicted molar refractivity (Wildman–Crippen MR) is 66.4 cm³/mol. The van der Waals surface area contributed by atoms with Crippen molar-refractivity contribution >= 4 is 0 Å². The molecule has 0 aromatic heterocycles. The lowest BCUT2D eigenvalue weighted by Gasteiger charge is -2.31. The second kappa shape index (κ2) is 5.60. The molecule has 1 unspecified atom stereocenters. The number of nitrogens with zero attached hydrogens (tertiary/aromatic N) is 1. The first-order valence-corrected chi connectivity index (χ1v) is 6.05. The second-order valence-corrected chi connectivity index (χ2v) is 4.58. The third-order valence-corrected chi connectivity index (χ3v) is 3.34. The highest BCUT2D eigenvalue weighted by atomic mass is 16.3. The van der Waals surface area contributed by atoms with Gasteiger partial charge >= 0.3 is 0 Å². The van der Waals surface area contributed by atoms with Crippen LogP contribution in [-0.4, -0.2) is 40.9 Å². The molecule has 0 aliphatic carbocycles. The predicted octanol–water partition coefficient (Wildman–Crippen LogP) is -0.143. The van der Waals surface area contributed by atoms with Gasteiger partial charge in [-0.3, -0.25) is 4.90 Å². The average Bonchev–Trinajstić information content (AvgIpc) is 2.37. The Morgan fingerprint density at radius 1 is 1.41 bits per heavy atom. The maximum Gasteiger partial charge on any atom is 0.0897 e. The number of fused-ring (bicyclic) bond motifs is 1. The van der Waals surface area contributed by atoms with Crippen molar-refractivity contribution in [2.24, 2.45) is 5.73 Å². The van der Waals surface area contributed by atoms with Crippen molar-refractivity contribution in [3.05, 3.63) is 34.9 Å². The molecule has 0 fully saturated rings. The van der Waals surface area contributed by atoms with Crippen molar-refractivity contribution in [3.8, 4) is 0 Å². The molecule has 0 bridgehead atoms. The van der Waals surface area contributed by atoms with Crippen LogP contribution in [-0.2, 0) is 19.5 Å². The third-order valence-electron chi connectivity index (χ3n) is 3.34. The smallest absolute Gasteiger partial charge is 0.0897 e. The van der Waals surface area contributed by atoms with Crippen molar-refractivity contribution in [2.45, 2.75) is 25.6 Å². The molecule has 1 aliphatic heterocycles. The van der Waals surface area contributed by atoms with Crippen molar-refractivity contribution < 1.29 is 10.2 Å². The summed E-state index contributed by atoms with van der Waals surface area (Å²) < 4.78 is 0. The van der Waals surface area contributed by atoms with Gasteiger partial charge in [-0.05, 0) is 23.1 Å². The molecule has 0 saturated heterocycles. The summed E-state index contributed by atoms with van der Waals surface area (Å²) in [6.45, 7) is 2.69. The summed E-state index contributed by atoms with van der Waals surface area (Å²) in [6.07, 6.45) is 0.329. The van der Waals surface area contributed by atoms with Gasteiger partial charge < -0.3 is 15.9 Å². The van der Waals surface area contributed by atoms with Crippen LogP contribution in [0.15, 0.2) is 18.2 Å². The Bertz CT molecular complexity index is 382. The van der Waals surface area contributed by atoms with E-state index in [-0.39, 0.29) is 6.61 Å². The van der Waals surface area contributed by atoms with Crippen LogP contribution in [0.25, 0.3) is 0 Å². The molecule has 1 atom stereocenters. The lowest BCUT2D eigenvalue weighted by Crippen LogP contribution is -2.38. The number of hydrogen-bond donors (Lipinski definition) is 3. The molecular weight excluding hydrogens is 216 g/mol. The van der Waals surface area contributed by atoms with Gasteiger partial charge in [0.25, 0.3) is 0 Å². The van der Waals surface area contributed by atoms with Gasteiger partial charge in [-0.15, -0.1) is 0 Å². The van der Waals surface area contributed by atoms with Gasteiger partial charge in [0.05, 0.1) is 12.7 Å². The van der Waals surface area contributed by atoms with Crippen molar-refractivity contribution in [1.82, 2.24) is 4.90 Å². The molecule has 1 aromatic carbocycles. The highest BCUT2D eigenvalue weighted by Crippen LogP contribution is 2.22. The molecule has 94 valence electrons. The fourth-order valence-corrected chi connectivity index (χ4v) is 2.45. The third kappa shape index (κ3) is 2.84. The number of aliphatic hydroxyl groups excluding tert-OH is 2. The van der Waals surface area contributed by atoms with Gasteiger partial charge in [-0.2, -0.15) is 0 Å². The average molecular weight is 236 g/mol. The van der Waals surface area contributed by atoms with Gasteiger partial charge in [0.1, 0.15) is 0 Å². The van der Waals surface area contributed by atoms with Crippen LogP contribution in [0.2, 0.25) is 0 Å². The van der Waals surface area contributed by atoms with E-state index in [1.165, 1.54) is 16.7 Å². The number of nitrogens with two attached hydrogens (primary N) is 1. The van der Waals surface area contributed by atoms with Gasteiger partial charge in [-0.1, -0.05) is 18.2 Å². The fraction of sp³-hybridized carbons (Fsp3) is 0.538. The Labute approximate surface area is 102 Å². The van der Waals surface area contributed by atoms with Crippen molar-refractivity contribution in [1.29, 1.82) is 0 Å². The standard InChI is InChI=1S/C13H20N2O2/c14-6-10-2-1-3-11-7-15(5-4-13(10)11)8-12(17)9-16/h1-3,12,16-17H,4-9,14H2. The van der Waals surface area contributed by atoms with E-state index in [2.05, 4.69) is 17.0 Å². The Morgan fingerprint density at radius 3 is 2.94 bits per heavy atom. The summed E-state index contributed by atoms with van der Waals surface area (Å²) in [4.78, 5) is 2.17. The van der Waals surface area contributed by atoms with Gasteiger partial charge in [-0.25, -0.2) is 0 Å². The molecule has 1 aromatic rings. The van der Waals surface area contributed by atoms with Crippen LogP contribution in [0.5, 0.6) is 0 Å². The minimum Gasteiger partial charge on any atom is -0.394 e. The molecule has 4 N–H and O–H groups in total. The van der Waals surface area contributed by atoms with Crippen LogP contribution in [0.1, 0.15) is 16.7 Å². The molecule has 4 nitrogen and oxygen atoms in total. The Morgan fingerprint density at radius 2 is 2.24 bits per heavy atom. The highest BCUT2D eigenvalue weighted by Gasteiger charge is 2.19. The Kier molecular flexibility index (Phi) is 4.12. The number of β-amino-alcohol motifs (C(OH)–C–C–N with tert-alkyl or cyclic N) is 1. The lowest BCUT2D eigenvalue weighted by atomic mass is 9.94. The van der Waals surface area contributed by atoms with E-state index >= 15 is 0 Å². The monoisotopic (exact) mass is 236 g/mol. The maximum absolute atomic E-state index is 9.45. The minimum absolute atomic E-state index is 0.174. The molecule has 17 heavy (non-hydrogen) atoms.